The fourth-order valence-electron chi connectivity index (χ4n) is 3.03. The van der Waals surface area contributed by atoms with Gasteiger partial charge in [-0.25, -0.2) is 0 Å². The molecule has 1 unspecified atom stereocenters. The van der Waals surface area contributed by atoms with E-state index in [1.807, 2.05) is 56.3 Å². The molecule has 4 rings (SSSR count). The Hall–Kier alpha value is -3.46. The van der Waals surface area contributed by atoms with E-state index < -0.39 is 11.2 Å². The summed E-state index contributed by atoms with van der Waals surface area (Å²) in [5.41, 5.74) is 3.79. The number of aromatic nitrogens is 1. The number of carbonyl (C=O) groups is 2. The second-order valence-electron chi connectivity index (χ2n) is 7.03. The summed E-state index contributed by atoms with van der Waals surface area (Å²) in [6.45, 7) is 3.90. The quantitative estimate of drug-likeness (QED) is 0.533. The number of hydrogen-bond acceptors (Lipinski definition) is 6. The van der Waals surface area contributed by atoms with Gasteiger partial charge in [0.05, 0.1) is 5.52 Å². The third kappa shape index (κ3) is 4.25. The Morgan fingerprint density at radius 1 is 1.17 bits per heavy atom. The number of aliphatic imine (C=N–C) groups is 1. The third-order valence-electron chi connectivity index (χ3n) is 4.58. The molecule has 0 fully saturated rings. The summed E-state index contributed by atoms with van der Waals surface area (Å²) < 4.78 is 0. The summed E-state index contributed by atoms with van der Waals surface area (Å²) in [6.07, 6.45) is -0.0164. The van der Waals surface area contributed by atoms with E-state index in [9.17, 15) is 14.7 Å². The number of aryl methyl sites for hydroxylation is 2. The molecule has 0 saturated carbocycles. The predicted molar refractivity (Wildman–Crippen MR) is 117 cm³/mol. The van der Waals surface area contributed by atoms with Crippen molar-refractivity contribution in [2.45, 2.75) is 25.5 Å². The smallest absolute Gasteiger partial charge is 0.262 e. The fraction of sp³-hybridized carbons (Fsp3) is 0.190. The van der Waals surface area contributed by atoms with Crippen molar-refractivity contribution >= 4 is 51.0 Å². The molecule has 0 bridgehead atoms. The number of carbonyl (C=O) groups excluding carboxylic acids is 2. The maximum absolute atomic E-state index is 12.3. The Balaban J connectivity index is 1.42. The lowest BCUT2D eigenvalue weighted by molar-refractivity contribution is -0.121. The average molecular weight is 421 g/mol. The van der Waals surface area contributed by atoms with Crippen molar-refractivity contribution in [3.8, 4) is 5.88 Å². The van der Waals surface area contributed by atoms with E-state index in [1.54, 1.807) is 0 Å². The highest BCUT2D eigenvalue weighted by Gasteiger charge is 2.31. The Bertz CT molecular complexity index is 1200. The molecule has 2 heterocycles. The van der Waals surface area contributed by atoms with Gasteiger partial charge < -0.3 is 15.4 Å². The van der Waals surface area contributed by atoms with Crippen LogP contribution in [0.1, 0.15) is 17.5 Å². The lowest BCUT2D eigenvalue weighted by Gasteiger charge is -2.08. The van der Waals surface area contributed by atoms with Crippen molar-refractivity contribution in [1.29, 1.82) is 0 Å². The van der Waals surface area contributed by atoms with E-state index in [-0.39, 0.29) is 29.1 Å². The normalized spacial score (nSPS) is 16.4. The molecule has 3 aromatic rings. The molecule has 1 atom stereocenters. The summed E-state index contributed by atoms with van der Waals surface area (Å²) in [7, 11) is 0. The Morgan fingerprint density at radius 3 is 2.67 bits per heavy atom. The number of azo groups is 1. The maximum atomic E-state index is 12.3. The molecule has 0 saturated heterocycles. The molecular formula is C21H19N5O3S. The van der Waals surface area contributed by atoms with Gasteiger partial charge in [-0.2, -0.15) is 4.99 Å². The van der Waals surface area contributed by atoms with E-state index in [0.717, 1.165) is 33.8 Å². The van der Waals surface area contributed by atoms with Crippen molar-refractivity contribution in [2.75, 3.05) is 5.32 Å². The third-order valence-corrected chi connectivity index (χ3v) is 5.61. The zero-order valence-electron chi connectivity index (χ0n) is 16.3. The van der Waals surface area contributed by atoms with Gasteiger partial charge in [0.1, 0.15) is 5.25 Å². The largest absolute Gasteiger partial charge is 0.493 e. The number of benzene rings is 2. The number of H-pyrrole nitrogens is 1. The number of rotatable bonds is 4. The van der Waals surface area contributed by atoms with Crippen LogP contribution in [0.3, 0.4) is 0 Å². The topological polar surface area (TPSA) is 119 Å². The molecule has 1 aliphatic heterocycles. The monoisotopic (exact) mass is 421 g/mol. The summed E-state index contributed by atoms with van der Waals surface area (Å²) in [6, 6.07) is 13.1. The molecule has 2 amide bonds. The first-order valence-corrected chi connectivity index (χ1v) is 10.2. The van der Waals surface area contributed by atoms with E-state index in [4.69, 9.17) is 0 Å². The number of nitrogens with zero attached hydrogens (tertiary/aromatic N) is 3. The van der Waals surface area contributed by atoms with E-state index >= 15 is 0 Å². The predicted octanol–water partition coefficient (Wildman–Crippen LogP) is 4.60. The molecule has 8 nitrogen and oxygen atoms in total. The second-order valence-corrected chi connectivity index (χ2v) is 8.20. The number of anilines is 1. The summed E-state index contributed by atoms with van der Waals surface area (Å²) in [5, 5.41) is 21.2. The van der Waals surface area contributed by atoms with Gasteiger partial charge in [0.25, 0.3) is 5.91 Å². The number of aromatic amines is 1. The van der Waals surface area contributed by atoms with Crippen molar-refractivity contribution in [1.82, 2.24) is 4.98 Å². The van der Waals surface area contributed by atoms with Gasteiger partial charge in [-0.05, 0) is 38.1 Å². The van der Waals surface area contributed by atoms with Crippen LogP contribution in [0.15, 0.2) is 57.7 Å². The van der Waals surface area contributed by atoms with Crippen LogP contribution >= 0.6 is 11.8 Å². The van der Waals surface area contributed by atoms with Crippen LogP contribution in [-0.2, 0) is 9.59 Å². The first kappa shape index (κ1) is 19.8. The van der Waals surface area contributed by atoms with Crippen molar-refractivity contribution in [2.24, 2.45) is 15.2 Å². The van der Waals surface area contributed by atoms with Gasteiger partial charge in [0, 0.05) is 17.5 Å². The van der Waals surface area contributed by atoms with Crippen LogP contribution in [0.5, 0.6) is 5.88 Å². The van der Waals surface area contributed by atoms with Crippen molar-refractivity contribution < 1.29 is 14.7 Å². The minimum absolute atomic E-state index is 0.0164. The lowest BCUT2D eigenvalue weighted by atomic mass is 10.2. The van der Waals surface area contributed by atoms with E-state index in [0.29, 0.717) is 5.69 Å². The SMILES string of the molecule is Cc1ccc(NC(=O)CC2SC(N=Nc3c(O)[nH]c4ccc(C)cc34)=NC2=O)cc1. The van der Waals surface area contributed by atoms with Gasteiger partial charge in [-0.15, -0.1) is 10.2 Å². The Morgan fingerprint density at radius 2 is 1.90 bits per heavy atom. The fourth-order valence-corrected chi connectivity index (χ4v) is 3.91. The first-order chi connectivity index (χ1) is 14.4. The molecule has 0 spiro atoms. The van der Waals surface area contributed by atoms with Crippen LogP contribution < -0.4 is 5.32 Å². The van der Waals surface area contributed by atoms with Gasteiger partial charge >= 0.3 is 0 Å². The summed E-state index contributed by atoms with van der Waals surface area (Å²) in [5.74, 6) is -0.807. The van der Waals surface area contributed by atoms with Gasteiger partial charge in [0.15, 0.2) is 5.69 Å². The minimum Gasteiger partial charge on any atom is -0.493 e. The highest BCUT2D eigenvalue weighted by Crippen LogP contribution is 2.36. The van der Waals surface area contributed by atoms with E-state index in [1.165, 1.54) is 0 Å². The molecule has 30 heavy (non-hydrogen) atoms. The van der Waals surface area contributed by atoms with Crippen molar-refractivity contribution in [3.63, 3.8) is 0 Å². The van der Waals surface area contributed by atoms with Crippen LogP contribution in [0.2, 0.25) is 0 Å². The molecule has 0 radical (unpaired) electrons. The maximum Gasteiger partial charge on any atom is 0.262 e. The average Bonchev–Trinajstić information content (AvgIpc) is 3.20. The first-order valence-electron chi connectivity index (χ1n) is 9.28. The number of nitrogens with one attached hydrogen (secondary N) is 2. The van der Waals surface area contributed by atoms with Crippen LogP contribution in [0, 0.1) is 13.8 Å². The number of thioether (sulfide) groups is 1. The molecule has 2 aromatic carbocycles. The molecule has 3 N–H and O–H groups in total. The molecule has 1 aliphatic rings. The Kier molecular flexibility index (Phi) is 5.37. The highest BCUT2D eigenvalue weighted by atomic mass is 32.2. The number of amides is 2. The minimum atomic E-state index is -0.650. The summed E-state index contributed by atoms with van der Waals surface area (Å²) >= 11 is 1.08. The zero-order valence-corrected chi connectivity index (χ0v) is 17.2. The standard InChI is InChI=1S/C21H19N5O3S/c1-11-3-6-13(7-4-11)22-17(27)10-16-19(28)24-21(30-16)26-25-18-14-9-12(2)5-8-15(14)23-20(18)29/h3-9,16,23,29H,10H2,1-2H3,(H,22,27). The molecule has 0 aliphatic carbocycles. The van der Waals surface area contributed by atoms with Crippen LogP contribution in [0.25, 0.3) is 10.9 Å². The van der Waals surface area contributed by atoms with Crippen LogP contribution in [-0.4, -0.2) is 32.3 Å². The van der Waals surface area contributed by atoms with Crippen LogP contribution in [0.4, 0.5) is 11.4 Å². The molecule has 9 heteroatoms. The van der Waals surface area contributed by atoms with Crippen molar-refractivity contribution in [3.05, 3.63) is 53.6 Å². The highest BCUT2D eigenvalue weighted by molar-refractivity contribution is 8.15. The molecule has 152 valence electrons. The number of amidine groups is 1. The van der Waals surface area contributed by atoms with Gasteiger partial charge in [-0.1, -0.05) is 41.1 Å². The molecule has 1 aromatic heterocycles. The lowest BCUT2D eigenvalue weighted by Crippen LogP contribution is -2.21. The van der Waals surface area contributed by atoms with E-state index in [2.05, 4.69) is 25.5 Å². The number of aromatic hydroxyl groups is 1. The number of fused-ring (bicyclic) bond motifs is 1. The summed E-state index contributed by atoms with van der Waals surface area (Å²) in [4.78, 5) is 31.1. The second kappa shape index (κ2) is 8.11. The zero-order chi connectivity index (χ0) is 21.3. The number of hydrogen-bond donors (Lipinski definition) is 3. The molecular weight excluding hydrogens is 402 g/mol. The van der Waals surface area contributed by atoms with Gasteiger partial charge in [-0.3, -0.25) is 9.59 Å². The Labute approximate surface area is 176 Å². The van der Waals surface area contributed by atoms with Gasteiger partial charge in [0.2, 0.25) is 17.0 Å².